The van der Waals surface area contributed by atoms with Crippen LogP contribution in [0, 0.1) is 11.8 Å². The third-order valence-electron chi connectivity index (χ3n) is 3.52. The summed E-state index contributed by atoms with van der Waals surface area (Å²) >= 11 is 0. The Bertz CT molecular complexity index is 229. The highest BCUT2D eigenvalue weighted by molar-refractivity contribution is 5.76. The van der Waals surface area contributed by atoms with E-state index >= 15 is 0 Å². The molecule has 0 bridgehead atoms. The van der Waals surface area contributed by atoms with Crippen LogP contribution in [0.15, 0.2) is 0 Å². The third-order valence-corrected chi connectivity index (χ3v) is 3.52. The van der Waals surface area contributed by atoms with Crippen molar-refractivity contribution in [3.63, 3.8) is 0 Å². The first-order chi connectivity index (χ1) is 9.03. The van der Waals surface area contributed by atoms with E-state index in [1.54, 1.807) is 0 Å². The molecule has 3 nitrogen and oxygen atoms in total. The Labute approximate surface area is 119 Å². The lowest BCUT2D eigenvalue weighted by Gasteiger charge is -2.21. The Kier molecular flexibility index (Phi) is 10.9. The first kappa shape index (κ1) is 18.4. The zero-order chi connectivity index (χ0) is 14.7. The average Bonchev–Trinajstić information content (AvgIpc) is 2.34. The lowest BCUT2D eigenvalue weighted by Crippen LogP contribution is -2.36. The minimum absolute atomic E-state index is 0.186. The molecule has 0 fully saturated rings. The first-order valence-corrected chi connectivity index (χ1v) is 8.02. The number of hydrogen-bond donors (Lipinski definition) is 2. The predicted octanol–water partition coefficient (Wildman–Crippen LogP) is 3.47. The van der Waals surface area contributed by atoms with Gasteiger partial charge in [0.15, 0.2) is 0 Å². The Morgan fingerprint density at radius 2 is 1.84 bits per heavy atom. The Balaban J connectivity index is 4.14. The normalized spacial score (nSPS) is 14.4. The van der Waals surface area contributed by atoms with E-state index in [-0.39, 0.29) is 5.91 Å². The van der Waals surface area contributed by atoms with Crippen LogP contribution >= 0.6 is 0 Å². The highest BCUT2D eigenvalue weighted by atomic mass is 16.1. The Hall–Kier alpha value is -0.570. The monoisotopic (exact) mass is 270 g/mol. The summed E-state index contributed by atoms with van der Waals surface area (Å²) in [5.41, 5.74) is 5.76. The summed E-state index contributed by atoms with van der Waals surface area (Å²) in [5.74, 6) is 1.12. The fraction of sp³-hybridized carbons (Fsp3) is 0.938. The van der Waals surface area contributed by atoms with Gasteiger partial charge in [0, 0.05) is 12.5 Å². The number of hydrogen-bond acceptors (Lipinski definition) is 2. The molecule has 0 rings (SSSR count). The molecule has 0 saturated heterocycles. The van der Waals surface area contributed by atoms with Crippen LogP contribution in [0.3, 0.4) is 0 Å². The highest BCUT2D eigenvalue weighted by Crippen LogP contribution is 2.15. The molecule has 3 N–H and O–H groups in total. The molecular weight excluding hydrogens is 236 g/mol. The topological polar surface area (TPSA) is 55.1 Å². The van der Waals surface area contributed by atoms with E-state index in [4.69, 9.17) is 5.73 Å². The lowest BCUT2D eigenvalue weighted by molar-refractivity contribution is -0.122. The van der Waals surface area contributed by atoms with Gasteiger partial charge in [0.1, 0.15) is 0 Å². The first-order valence-electron chi connectivity index (χ1n) is 8.02. The van der Waals surface area contributed by atoms with Crippen LogP contribution in [-0.4, -0.2) is 18.5 Å². The molecule has 3 heteroatoms. The van der Waals surface area contributed by atoms with E-state index in [9.17, 15) is 4.79 Å². The van der Waals surface area contributed by atoms with Crippen LogP contribution in [0.4, 0.5) is 0 Å². The van der Waals surface area contributed by atoms with Crippen molar-refractivity contribution < 1.29 is 4.79 Å². The maximum Gasteiger partial charge on any atom is 0.220 e. The van der Waals surface area contributed by atoms with Gasteiger partial charge < -0.3 is 11.1 Å². The maximum atomic E-state index is 12.1. The molecule has 114 valence electrons. The van der Waals surface area contributed by atoms with E-state index in [2.05, 4.69) is 33.0 Å². The molecule has 0 heterocycles. The molecule has 1 amide bonds. The van der Waals surface area contributed by atoms with Gasteiger partial charge in [-0.2, -0.15) is 0 Å². The summed E-state index contributed by atoms with van der Waals surface area (Å²) in [4.78, 5) is 12.1. The number of amides is 1. The van der Waals surface area contributed by atoms with Crippen molar-refractivity contribution in [2.24, 2.45) is 17.6 Å². The predicted molar refractivity (Wildman–Crippen MR) is 83.0 cm³/mol. The quantitative estimate of drug-likeness (QED) is 0.604. The van der Waals surface area contributed by atoms with Crippen molar-refractivity contribution in [3.8, 4) is 0 Å². The van der Waals surface area contributed by atoms with Gasteiger partial charge in [-0.3, -0.25) is 4.79 Å². The van der Waals surface area contributed by atoms with Crippen LogP contribution in [0.5, 0.6) is 0 Å². The van der Waals surface area contributed by atoms with Crippen molar-refractivity contribution in [2.45, 2.75) is 78.7 Å². The summed E-state index contributed by atoms with van der Waals surface area (Å²) in [7, 11) is 0. The Morgan fingerprint density at radius 3 is 2.32 bits per heavy atom. The molecule has 2 atom stereocenters. The van der Waals surface area contributed by atoms with Crippen LogP contribution in [-0.2, 0) is 4.79 Å². The summed E-state index contributed by atoms with van der Waals surface area (Å²) in [6.45, 7) is 9.34. The molecule has 0 saturated carbocycles. The molecule has 2 unspecified atom stereocenters. The molecule has 0 aromatic rings. The standard InChI is InChI=1S/C16H34N2O/c1-5-7-9-15(8-6-2)18-16(19)11-14(12-17)10-13(3)4/h13-15H,5-12,17H2,1-4H3,(H,18,19). The van der Waals surface area contributed by atoms with Gasteiger partial charge in [-0.15, -0.1) is 0 Å². The minimum Gasteiger partial charge on any atom is -0.353 e. The van der Waals surface area contributed by atoms with Gasteiger partial charge in [-0.25, -0.2) is 0 Å². The number of carbonyl (C=O) groups is 1. The van der Waals surface area contributed by atoms with Gasteiger partial charge >= 0.3 is 0 Å². The number of carbonyl (C=O) groups excluding carboxylic acids is 1. The molecule has 0 radical (unpaired) electrons. The second kappa shape index (κ2) is 11.3. The summed E-state index contributed by atoms with van der Waals surface area (Å²) in [5, 5.41) is 3.20. The molecule has 0 aliphatic rings. The third kappa shape index (κ3) is 9.94. The molecule has 0 aromatic heterocycles. The van der Waals surface area contributed by atoms with Crippen molar-refractivity contribution in [1.82, 2.24) is 5.32 Å². The van der Waals surface area contributed by atoms with Crippen molar-refractivity contribution >= 4 is 5.91 Å². The summed E-state index contributed by atoms with van der Waals surface area (Å²) in [6, 6.07) is 0.356. The van der Waals surface area contributed by atoms with Crippen molar-refractivity contribution in [3.05, 3.63) is 0 Å². The number of unbranched alkanes of at least 4 members (excludes halogenated alkanes) is 1. The van der Waals surface area contributed by atoms with Crippen molar-refractivity contribution in [2.75, 3.05) is 6.54 Å². The van der Waals surface area contributed by atoms with Crippen LogP contribution < -0.4 is 11.1 Å². The second-order valence-corrected chi connectivity index (χ2v) is 6.13. The number of nitrogens with two attached hydrogens (primary N) is 1. The molecule has 0 spiro atoms. The number of nitrogens with one attached hydrogen (secondary N) is 1. The van der Waals surface area contributed by atoms with Gasteiger partial charge in [-0.1, -0.05) is 47.0 Å². The zero-order valence-corrected chi connectivity index (χ0v) is 13.4. The second-order valence-electron chi connectivity index (χ2n) is 6.13. The largest absolute Gasteiger partial charge is 0.353 e. The van der Waals surface area contributed by atoms with Gasteiger partial charge in [0.2, 0.25) is 5.91 Å². The van der Waals surface area contributed by atoms with E-state index in [1.165, 1.54) is 12.8 Å². The number of rotatable bonds is 11. The van der Waals surface area contributed by atoms with E-state index in [0.717, 1.165) is 25.7 Å². The molecule has 0 aliphatic heterocycles. The van der Waals surface area contributed by atoms with Crippen LogP contribution in [0.2, 0.25) is 0 Å². The maximum absolute atomic E-state index is 12.1. The fourth-order valence-electron chi connectivity index (χ4n) is 2.57. The average molecular weight is 270 g/mol. The van der Waals surface area contributed by atoms with Gasteiger partial charge in [0.05, 0.1) is 0 Å². The molecule has 0 aliphatic carbocycles. The lowest BCUT2D eigenvalue weighted by atomic mass is 9.93. The molecular formula is C16H34N2O. The Morgan fingerprint density at radius 1 is 1.16 bits per heavy atom. The fourth-order valence-corrected chi connectivity index (χ4v) is 2.57. The van der Waals surface area contributed by atoms with Crippen LogP contribution in [0.25, 0.3) is 0 Å². The molecule has 0 aromatic carbocycles. The van der Waals surface area contributed by atoms with Gasteiger partial charge in [0.25, 0.3) is 0 Å². The van der Waals surface area contributed by atoms with Crippen molar-refractivity contribution in [1.29, 1.82) is 0 Å². The zero-order valence-electron chi connectivity index (χ0n) is 13.4. The van der Waals surface area contributed by atoms with E-state index in [1.807, 2.05) is 0 Å². The van der Waals surface area contributed by atoms with E-state index < -0.39 is 0 Å². The van der Waals surface area contributed by atoms with E-state index in [0.29, 0.717) is 30.8 Å². The summed E-state index contributed by atoms with van der Waals surface area (Å²) < 4.78 is 0. The minimum atomic E-state index is 0.186. The smallest absolute Gasteiger partial charge is 0.220 e. The summed E-state index contributed by atoms with van der Waals surface area (Å²) in [6.07, 6.45) is 7.32. The van der Waals surface area contributed by atoms with Gasteiger partial charge in [-0.05, 0) is 37.6 Å². The molecule has 19 heavy (non-hydrogen) atoms. The SMILES string of the molecule is CCCCC(CCC)NC(=O)CC(CN)CC(C)C. The highest BCUT2D eigenvalue weighted by Gasteiger charge is 2.16. The van der Waals surface area contributed by atoms with Crippen LogP contribution in [0.1, 0.15) is 72.6 Å².